The predicted molar refractivity (Wildman–Crippen MR) is 128 cm³/mol. The number of benzene rings is 3. The van der Waals surface area contributed by atoms with Crippen molar-refractivity contribution in [3.05, 3.63) is 70.7 Å². The van der Waals surface area contributed by atoms with E-state index in [-0.39, 0.29) is 0 Å². The molecule has 30 heavy (non-hydrogen) atoms. The third-order valence-electron chi connectivity index (χ3n) is 5.77. The number of hydrogen-bond donors (Lipinski definition) is 1. The largest absolute Gasteiger partial charge is 0.491 e. The maximum absolute atomic E-state index is 10.5. The third-order valence-corrected chi connectivity index (χ3v) is 6.26. The maximum Gasteiger partial charge on any atom is 0.120 e. The molecule has 5 heteroatoms. The van der Waals surface area contributed by atoms with E-state index in [0.29, 0.717) is 13.2 Å². The lowest BCUT2D eigenvalue weighted by molar-refractivity contribution is 0.0663. The summed E-state index contributed by atoms with van der Waals surface area (Å²) in [5.74, 6) is 0.796. The first kappa shape index (κ1) is 21.2. The van der Waals surface area contributed by atoms with Crippen LogP contribution in [0.4, 0.5) is 5.69 Å². The van der Waals surface area contributed by atoms with E-state index in [4.69, 9.17) is 4.74 Å². The highest BCUT2D eigenvalue weighted by Gasteiger charge is 2.19. The minimum Gasteiger partial charge on any atom is -0.491 e. The van der Waals surface area contributed by atoms with Gasteiger partial charge in [0.1, 0.15) is 18.5 Å². The molecule has 1 fully saturated rings. The molecular weight excluding hydrogens is 440 g/mol. The van der Waals surface area contributed by atoms with Crippen LogP contribution >= 0.6 is 15.9 Å². The van der Waals surface area contributed by atoms with Crippen LogP contribution < -0.4 is 9.64 Å². The minimum atomic E-state index is -0.499. The Kier molecular flexibility index (Phi) is 6.93. The van der Waals surface area contributed by atoms with Crippen molar-refractivity contribution in [1.82, 2.24) is 4.90 Å². The fourth-order valence-corrected chi connectivity index (χ4v) is 4.34. The summed E-state index contributed by atoms with van der Waals surface area (Å²) < 4.78 is 6.93. The van der Waals surface area contributed by atoms with Crippen molar-refractivity contribution in [1.29, 1.82) is 0 Å². The van der Waals surface area contributed by atoms with Gasteiger partial charge in [0, 0.05) is 42.9 Å². The van der Waals surface area contributed by atoms with Gasteiger partial charge in [-0.2, -0.15) is 0 Å². The molecule has 4 nitrogen and oxygen atoms in total. The van der Waals surface area contributed by atoms with Crippen molar-refractivity contribution in [2.45, 2.75) is 19.4 Å². The molecule has 1 unspecified atom stereocenters. The van der Waals surface area contributed by atoms with Gasteiger partial charge in [-0.1, -0.05) is 47.1 Å². The second-order valence-electron chi connectivity index (χ2n) is 7.93. The number of nitrogens with zero attached hydrogens (tertiary/aromatic N) is 2. The van der Waals surface area contributed by atoms with Gasteiger partial charge in [-0.3, -0.25) is 4.90 Å². The first-order valence-corrected chi connectivity index (χ1v) is 11.5. The van der Waals surface area contributed by atoms with Crippen LogP contribution in [0.1, 0.15) is 12.5 Å². The van der Waals surface area contributed by atoms with E-state index in [9.17, 15) is 5.11 Å². The number of aliphatic hydroxyl groups is 1. The van der Waals surface area contributed by atoms with Gasteiger partial charge in [-0.15, -0.1) is 0 Å². The van der Waals surface area contributed by atoms with Crippen LogP contribution in [0, 0.1) is 0 Å². The fourth-order valence-electron chi connectivity index (χ4n) is 3.96. The van der Waals surface area contributed by atoms with E-state index < -0.39 is 6.10 Å². The van der Waals surface area contributed by atoms with E-state index in [1.165, 1.54) is 16.6 Å². The second kappa shape index (κ2) is 9.82. The molecule has 0 amide bonds. The molecule has 0 aliphatic carbocycles. The van der Waals surface area contributed by atoms with Crippen LogP contribution in [-0.2, 0) is 6.42 Å². The number of rotatable bonds is 7. The van der Waals surface area contributed by atoms with Gasteiger partial charge in [-0.25, -0.2) is 0 Å². The number of fused-ring (bicyclic) bond motifs is 1. The molecule has 0 spiro atoms. The first-order valence-electron chi connectivity index (χ1n) is 10.7. The number of ether oxygens (including phenoxy) is 1. The highest BCUT2D eigenvalue weighted by Crippen LogP contribution is 2.24. The van der Waals surface area contributed by atoms with Crippen molar-refractivity contribution in [3.8, 4) is 5.75 Å². The predicted octanol–water partition coefficient (Wildman–Crippen LogP) is 4.73. The van der Waals surface area contributed by atoms with Crippen molar-refractivity contribution in [2.75, 3.05) is 44.2 Å². The Bertz CT molecular complexity index is 969. The Balaban J connectivity index is 1.24. The summed E-state index contributed by atoms with van der Waals surface area (Å²) in [6.07, 6.45) is 0.575. The summed E-state index contributed by atoms with van der Waals surface area (Å²) in [6.45, 7) is 7.01. The molecule has 1 aliphatic rings. The number of aryl methyl sites for hydroxylation is 1. The summed E-state index contributed by atoms with van der Waals surface area (Å²) in [6, 6.07) is 21.1. The molecule has 1 saturated heterocycles. The van der Waals surface area contributed by atoms with Crippen LogP contribution in [0.2, 0.25) is 0 Å². The van der Waals surface area contributed by atoms with Gasteiger partial charge in [0.05, 0.1) is 0 Å². The molecule has 0 aromatic heterocycles. The quantitative estimate of drug-likeness (QED) is 0.543. The van der Waals surface area contributed by atoms with Gasteiger partial charge >= 0.3 is 0 Å². The number of β-amino-alcohol motifs (C(OH)–C–C–N with tert-alkyl or cyclic N) is 1. The second-order valence-corrected chi connectivity index (χ2v) is 8.84. The van der Waals surface area contributed by atoms with Crippen LogP contribution in [0.5, 0.6) is 5.75 Å². The van der Waals surface area contributed by atoms with Crippen molar-refractivity contribution < 1.29 is 9.84 Å². The standard InChI is InChI=1S/C25H29BrN2O2/c1-2-19-3-8-23(9-4-19)28-13-11-27(12-14-28)17-24(29)18-30-25-10-6-20-15-22(26)7-5-21(20)16-25/h3-10,15-16,24,29H,2,11-14,17-18H2,1H3. The normalized spacial score (nSPS) is 16.0. The lowest BCUT2D eigenvalue weighted by Gasteiger charge is -2.37. The van der Waals surface area contributed by atoms with Gasteiger partial charge in [0.15, 0.2) is 0 Å². The summed E-state index contributed by atoms with van der Waals surface area (Å²) in [7, 11) is 0. The monoisotopic (exact) mass is 468 g/mol. The molecule has 0 saturated carbocycles. The lowest BCUT2D eigenvalue weighted by atomic mass is 10.1. The molecule has 4 rings (SSSR count). The van der Waals surface area contributed by atoms with Crippen molar-refractivity contribution >= 4 is 32.4 Å². The Hall–Kier alpha value is -2.08. The molecule has 0 bridgehead atoms. The summed E-state index contributed by atoms with van der Waals surface area (Å²) in [4.78, 5) is 4.75. The third kappa shape index (κ3) is 5.34. The average molecular weight is 469 g/mol. The number of anilines is 1. The highest BCUT2D eigenvalue weighted by atomic mass is 79.9. The van der Waals surface area contributed by atoms with Crippen molar-refractivity contribution in [2.24, 2.45) is 0 Å². The summed E-state index contributed by atoms with van der Waals surface area (Å²) in [5.41, 5.74) is 2.67. The topological polar surface area (TPSA) is 35.9 Å². The van der Waals surface area contributed by atoms with E-state index in [2.05, 4.69) is 69.1 Å². The molecule has 0 radical (unpaired) electrons. The van der Waals surface area contributed by atoms with E-state index in [1.807, 2.05) is 24.3 Å². The molecular formula is C25H29BrN2O2. The Morgan fingerprint density at radius 3 is 2.37 bits per heavy atom. The van der Waals surface area contributed by atoms with Crippen LogP contribution in [0.25, 0.3) is 10.8 Å². The molecule has 3 aromatic carbocycles. The molecule has 3 aromatic rings. The number of hydrogen-bond acceptors (Lipinski definition) is 4. The molecule has 158 valence electrons. The molecule has 1 aliphatic heterocycles. The van der Waals surface area contributed by atoms with Crippen LogP contribution in [0.3, 0.4) is 0 Å². The SMILES string of the molecule is CCc1ccc(N2CCN(CC(O)COc3ccc4cc(Br)ccc4c3)CC2)cc1. The Labute approximate surface area is 187 Å². The minimum absolute atomic E-state index is 0.306. The van der Waals surface area contributed by atoms with Gasteiger partial charge in [-0.05, 0) is 59.2 Å². The zero-order valence-corrected chi connectivity index (χ0v) is 19.0. The van der Waals surface area contributed by atoms with E-state index >= 15 is 0 Å². The Morgan fingerprint density at radius 1 is 0.933 bits per heavy atom. The van der Waals surface area contributed by atoms with Crippen molar-refractivity contribution in [3.63, 3.8) is 0 Å². The zero-order chi connectivity index (χ0) is 20.9. The van der Waals surface area contributed by atoms with E-state index in [0.717, 1.165) is 48.2 Å². The highest BCUT2D eigenvalue weighted by molar-refractivity contribution is 9.10. The summed E-state index contributed by atoms with van der Waals surface area (Å²) in [5, 5.41) is 12.8. The zero-order valence-electron chi connectivity index (χ0n) is 17.4. The van der Waals surface area contributed by atoms with Crippen LogP contribution in [-0.4, -0.2) is 55.4 Å². The lowest BCUT2D eigenvalue weighted by Crippen LogP contribution is -2.49. The number of aliphatic hydroxyl groups excluding tert-OH is 1. The molecule has 1 atom stereocenters. The van der Waals surface area contributed by atoms with Gasteiger partial charge in [0.2, 0.25) is 0 Å². The van der Waals surface area contributed by atoms with Gasteiger partial charge < -0.3 is 14.7 Å². The fraction of sp³-hybridized carbons (Fsp3) is 0.360. The molecule has 1 N–H and O–H groups in total. The molecule has 1 heterocycles. The smallest absolute Gasteiger partial charge is 0.120 e. The first-order chi connectivity index (χ1) is 14.6. The van der Waals surface area contributed by atoms with E-state index in [1.54, 1.807) is 0 Å². The number of halogens is 1. The average Bonchev–Trinajstić information content (AvgIpc) is 2.78. The number of piperazine rings is 1. The Morgan fingerprint density at radius 2 is 1.63 bits per heavy atom. The van der Waals surface area contributed by atoms with Crippen LogP contribution in [0.15, 0.2) is 65.1 Å². The van der Waals surface area contributed by atoms with Gasteiger partial charge in [0.25, 0.3) is 0 Å². The summed E-state index contributed by atoms with van der Waals surface area (Å²) >= 11 is 3.50. The maximum atomic E-state index is 10.5.